The Kier molecular flexibility index (Phi) is 8.29. The number of carbonyl (C=O) groups excluding carboxylic acids is 4. The van der Waals surface area contributed by atoms with Gasteiger partial charge < -0.3 is 9.47 Å². The first kappa shape index (κ1) is 35.9. The van der Waals surface area contributed by atoms with Gasteiger partial charge in [0.1, 0.15) is 27.8 Å². The lowest BCUT2D eigenvalue weighted by Gasteiger charge is -2.63. The van der Waals surface area contributed by atoms with Gasteiger partial charge in [0, 0.05) is 29.2 Å². The van der Waals surface area contributed by atoms with E-state index in [0.29, 0.717) is 45.7 Å². The molecule has 6 nitrogen and oxygen atoms in total. The molecule has 2 aliphatic heterocycles. The average Bonchev–Trinajstić information content (AvgIpc) is 3.01. The van der Waals surface area contributed by atoms with Gasteiger partial charge in [-0.25, -0.2) is 0 Å². The summed E-state index contributed by atoms with van der Waals surface area (Å²) in [5, 5.41) is 0.0724. The number of carbonyl (C=O) groups is 4. The molecule has 0 spiro atoms. The average molecular weight is 724 g/mol. The monoisotopic (exact) mass is 722 g/mol. The predicted molar refractivity (Wildman–Crippen MR) is 194 cm³/mol. The van der Waals surface area contributed by atoms with Crippen LogP contribution in [-0.4, -0.2) is 34.3 Å². The lowest BCUT2D eigenvalue weighted by molar-refractivity contribution is -0.184. The van der Waals surface area contributed by atoms with Crippen molar-refractivity contribution in [2.75, 3.05) is 0 Å². The number of hydrogen-bond acceptors (Lipinski definition) is 6. The summed E-state index contributed by atoms with van der Waals surface area (Å²) in [5.74, 6) is 0.167. The third kappa shape index (κ3) is 5.23. The summed E-state index contributed by atoms with van der Waals surface area (Å²) < 4.78 is 12.7. The van der Waals surface area contributed by atoms with Crippen LogP contribution >= 0.6 is 23.2 Å². The molecule has 0 aromatic heterocycles. The molecule has 0 bridgehead atoms. The fourth-order valence-electron chi connectivity index (χ4n) is 12.5. The Morgan fingerprint density at radius 2 is 1.20 bits per heavy atom. The highest BCUT2D eigenvalue weighted by atomic mass is 35.5. The molecule has 8 rings (SSSR count). The predicted octanol–water partition coefficient (Wildman–Crippen LogP) is 9.79. The zero-order valence-electron chi connectivity index (χ0n) is 30.9. The molecule has 50 heavy (non-hydrogen) atoms. The van der Waals surface area contributed by atoms with Crippen molar-refractivity contribution in [3.8, 4) is 0 Å². The Morgan fingerprint density at radius 3 is 1.88 bits per heavy atom. The largest absolute Gasteiger partial charge is 0.487 e. The van der Waals surface area contributed by atoms with Crippen LogP contribution in [0.2, 0.25) is 0 Å². The minimum atomic E-state index is -0.633. The Hall–Kier alpha value is -2.44. The van der Waals surface area contributed by atoms with Gasteiger partial charge in [0.05, 0.1) is 5.03 Å². The van der Waals surface area contributed by atoms with Gasteiger partial charge in [0.2, 0.25) is 23.1 Å². The number of ether oxygens (including phenoxy) is 2. The first-order valence-corrected chi connectivity index (χ1v) is 19.4. The molecular weight excluding hydrogens is 671 g/mol. The maximum Gasteiger partial charge on any atom is 0.245 e. The van der Waals surface area contributed by atoms with Crippen LogP contribution in [0.3, 0.4) is 0 Å². The summed E-state index contributed by atoms with van der Waals surface area (Å²) in [7, 11) is 0. The van der Waals surface area contributed by atoms with Crippen molar-refractivity contribution in [3.63, 3.8) is 0 Å². The van der Waals surface area contributed by atoms with Crippen molar-refractivity contribution < 1.29 is 28.7 Å². The highest BCUT2D eigenvalue weighted by Crippen LogP contribution is 2.67. The van der Waals surface area contributed by atoms with Crippen molar-refractivity contribution >= 4 is 46.3 Å². The van der Waals surface area contributed by atoms with E-state index in [0.717, 1.165) is 44.1 Å². The number of hydrogen-bond donors (Lipinski definition) is 0. The summed E-state index contributed by atoms with van der Waals surface area (Å²) in [6.45, 7) is 18.6. The molecule has 0 amide bonds. The zero-order valence-corrected chi connectivity index (χ0v) is 32.5. The van der Waals surface area contributed by atoms with Gasteiger partial charge in [-0.1, -0.05) is 77.6 Å². The van der Waals surface area contributed by atoms with Crippen molar-refractivity contribution in [2.24, 2.45) is 39.4 Å². The van der Waals surface area contributed by atoms with Gasteiger partial charge in [-0.2, -0.15) is 0 Å². The minimum absolute atomic E-state index is 0.00200. The first-order chi connectivity index (χ1) is 23.2. The van der Waals surface area contributed by atoms with Crippen LogP contribution in [0, 0.1) is 39.4 Å². The van der Waals surface area contributed by atoms with Crippen molar-refractivity contribution in [1.29, 1.82) is 0 Å². The molecule has 0 N–H and O–H groups in total. The van der Waals surface area contributed by atoms with E-state index in [-0.39, 0.29) is 26.5 Å². The zero-order chi connectivity index (χ0) is 36.4. The van der Waals surface area contributed by atoms with Gasteiger partial charge >= 0.3 is 0 Å². The molecule has 2 heterocycles. The minimum Gasteiger partial charge on any atom is -0.487 e. The third-order valence-electron chi connectivity index (χ3n) is 14.9. The van der Waals surface area contributed by atoms with Crippen LogP contribution < -0.4 is 0 Å². The van der Waals surface area contributed by atoms with E-state index in [9.17, 15) is 19.2 Å². The van der Waals surface area contributed by atoms with Crippen molar-refractivity contribution in [2.45, 2.75) is 137 Å². The molecule has 0 aromatic carbocycles. The van der Waals surface area contributed by atoms with Crippen LogP contribution in [0.1, 0.15) is 126 Å². The highest BCUT2D eigenvalue weighted by Gasteiger charge is 2.62. The van der Waals surface area contributed by atoms with E-state index in [1.807, 2.05) is 0 Å². The fourth-order valence-corrected chi connectivity index (χ4v) is 13.0. The second kappa shape index (κ2) is 11.5. The maximum atomic E-state index is 12.0. The van der Waals surface area contributed by atoms with Crippen LogP contribution in [0.25, 0.3) is 0 Å². The molecule has 6 aliphatic carbocycles. The molecule has 8 aliphatic rings. The van der Waals surface area contributed by atoms with Gasteiger partial charge in [-0.15, -0.1) is 0 Å². The van der Waals surface area contributed by atoms with E-state index in [2.05, 4.69) is 61.5 Å². The lowest BCUT2D eigenvalue weighted by Crippen LogP contribution is -2.60. The molecule has 270 valence electrons. The SMILES string of the molecule is CC1(C)CCC[C@]2(C)C3=CC4=C(Cl)C(=O)C(=O)C=C4O[C@]3(C)CC[C@@H]12.CC1(C)CCC[C@]2(C)[C@H]3CC4=C(Cl)C(=O)C(=O)C=C4O[C@]3(C)CC[C@@H]12. The molecule has 0 radical (unpaired) electrons. The number of rotatable bonds is 0. The molecular formula is C42H52Cl2O6. The van der Waals surface area contributed by atoms with Gasteiger partial charge in [0.15, 0.2) is 0 Å². The number of fused-ring (bicyclic) bond motifs is 8. The Bertz CT molecular complexity index is 1770. The van der Waals surface area contributed by atoms with Crippen LogP contribution in [0.15, 0.2) is 56.5 Å². The quantitative estimate of drug-likeness (QED) is 0.183. The molecule has 0 unspecified atom stereocenters. The highest BCUT2D eigenvalue weighted by molar-refractivity contribution is 6.61. The molecule has 4 saturated carbocycles. The smallest absolute Gasteiger partial charge is 0.245 e. The Balaban J connectivity index is 0.000000157. The number of halogens is 2. The van der Waals surface area contributed by atoms with Crippen LogP contribution in [-0.2, 0) is 28.7 Å². The van der Waals surface area contributed by atoms with E-state index >= 15 is 0 Å². The molecule has 7 atom stereocenters. The molecule has 5 fully saturated rings. The summed E-state index contributed by atoms with van der Waals surface area (Å²) in [5.41, 5.74) is 2.71. The first-order valence-electron chi connectivity index (χ1n) is 18.7. The number of Topliss-reactive ketones (excluding diaryl/α,β-unsaturated/α-hetero) is 2. The maximum absolute atomic E-state index is 12.0. The standard InChI is InChI=1S/C21H27ClO3.C21H25ClO3/c2*1-19(2)7-5-8-20(3)15(19)6-9-21(4)16(20)10-12-14(25-21)11-13(23)18(24)17(12)22/h11,15-16H,5-10H2,1-4H3;10-11,15H,5-9H2,1-4H3/t15-,16+,20-,21+;15-,20-,21+/m00/s1. The second-order valence-corrected chi connectivity index (χ2v) is 19.5. The van der Waals surface area contributed by atoms with Gasteiger partial charge in [-0.3, -0.25) is 19.2 Å². The third-order valence-corrected chi connectivity index (χ3v) is 15.6. The molecule has 8 heteroatoms. The summed E-state index contributed by atoms with van der Waals surface area (Å²) in [6.07, 6.45) is 16.9. The normalized spacial score (nSPS) is 41.2. The van der Waals surface area contributed by atoms with Crippen LogP contribution in [0.4, 0.5) is 0 Å². The number of ketones is 4. The van der Waals surface area contributed by atoms with E-state index in [4.69, 9.17) is 32.7 Å². The topological polar surface area (TPSA) is 86.7 Å². The fraction of sp³-hybridized carbons (Fsp3) is 0.667. The van der Waals surface area contributed by atoms with Gasteiger partial charge in [-0.05, 0) is 117 Å². The van der Waals surface area contributed by atoms with Crippen LogP contribution in [0.5, 0.6) is 0 Å². The lowest BCUT2D eigenvalue weighted by atomic mass is 9.44. The Labute approximate surface area is 307 Å². The van der Waals surface area contributed by atoms with Crippen molar-refractivity contribution in [1.82, 2.24) is 0 Å². The summed E-state index contributed by atoms with van der Waals surface area (Å²) in [6, 6.07) is 0. The van der Waals surface area contributed by atoms with Crippen molar-refractivity contribution in [3.05, 3.63) is 56.5 Å². The molecule has 0 aromatic rings. The summed E-state index contributed by atoms with van der Waals surface area (Å²) in [4.78, 5) is 47.8. The summed E-state index contributed by atoms with van der Waals surface area (Å²) >= 11 is 12.5. The van der Waals surface area contributed by atoms with E-state index < -0.39 is 28.7 Å². The van der Waals surface area contributed by atoms with Gasteiger partial charge in [0.25, 0.3) is 0 Å². The second-order valence-electron chi connectivity index (χ2n) is 18.8. The van der Waals surface area contributed by atoms with E-state index in [1.165, 1.54) is 49.8 Å². The number of allylic oxidation sites excluding steroid dienone is 6. The molecule has 1 saturated heterocycles. The Morgan fingerprint density at radius 1 is 0.620 bits per heavy atom. The van der Waals surface area contributed by atoms with E-state index in [1.54, 1.807) is 0 Å².